The Bertz CT molecular complexity index is 90.2. The monoisotopic (exact) mass is 148 g/mol. The Morgan fingerprint density at radius 3 is 2.00 bits per heavy atom. The van der Waals surface area contributed by atoms with Crippen LogP contribution >= 0.6 is 0 Å². The summed E-state index contributed by atoms with van der Waals surface area (Å²) in [5.74, 6) is 0. The van der Waals surface area contributed by atoms with E-state index in [2.05, 4.69) is 0 Å². The van der Waals surface area contributed by atoms with Crippen molar-refractivity contribution in [2.45, 2.75) is 12.6 Å². The topological polar surface area (TPSA) is 35.5 Å². The van der Waals surface area contributed by atoms with Crippen molar-refractivity contribution in [3.05, 3.63) is 0 Å². The zero-order chi connectivity index (χ0) is 7.33. The van der Waals surface area contributed by atoms with Crippen molar-refractivity contribution < 1.29 is 13.6 Å². The van der Waals surface area contributed by atoms with Gasteiger partial charge < -0.3 is 13.6 Å². The molecule has 0 aromatic rings. The Kier molecular flexibility index (Phi) is 3.68. The molecule has 0 amide bonds. The molecule has 0 bridgehead atoms. The van der Waals surface area contributed by atoms with Crippen LogP contribution < -0.4 is 0 Å². The normalized spacial score (nSPS) is 11.4. The molecule has 0 saturated heterocycles. The van der Waals surface area contributed by atoms with Crippen LogP contribution in [0.1, 0.15) is 0 Å². The summed E-state index contributed by atoms with van der Waals surface area (Å²) in [7, 11) is 1.07. The van der Waals surface area contributed by atoms with E-state index in [1.807, 2.05) is 6.55 Å². The van der Waals surface area contributed by atoms with Gasteiger partial charge in [-0.1, -0.05) is 0 Å². The predicted molar refractivity (Wildman–Crippen MR) is 36.5 cm³/mol. The van der Waals surface area contributed by atoms with Crippen LogP contribution in [0.5, 0.6) is 0 Å². The van der Waals surface area contributed by atoms with Gasteiger partial charge in [0.1, 0.15) is 6.29 Å². The van der Waals surface area contributed by atoms with Gasteiger partial charge in [0.2, 0.25) is 0 Å². The molecule has 0 heterocycles. The number of carbonyl (C=O) groups is 1. The van der Waals surface area contributed by atoms with Gasteiger partial charge in [-0.15, -0.1) is 0 Å². The summed E-state index contributed by atoms with van der Waals surface area (Å²) in [6.45, 7) is 1.85. The molecule has 0 aromatic carbocycles. The fourth-order valence-corrected chi connectivity index (χ4v) is 1.20. The largest absolute Gasteiger partial charge is 0.397 e. The third-order valence-electron chi connectivity index (χ3n) is 1.32. The molecule has 0 unspecified atom stereocenters. The number of carbonyl (C=O) groups excluding carboxylic acids is 1. The summed E-state index contributed by atoms with van der Waals surface area (Å²) >= 11 is 0. The molecular formula is C5H12O3Si. The van der Waals surface area contributed by atoms with Gasteiger partial charge in [0.25, 0.3) is 0 Å². The van der Waals surface area contributed by atoms with Crippen LogP contribution in [0.15, 0.2) is 0 Å². The molecule has 0 radical (unpaired) electrons. The van der Waals surface area contributed by atoms with Crippen LogP contribution in [0.4, 0.5) is 0 Å². The molecule has 0 spiro atoms. The maximum absolute atomic E-state index is 10.0. The van der Waals surface area contributed by atoms with Gasteiger partial charge in [-0.3, -0.25) is 0 Å². The summed E-state index contributed by atoms with van der Waals surface area (Å²) in [6.07, 6.45) is 0.833. The van der Waals surface area contributed by atoms with Crippen molar-refractivity contribution in [1.82, 2.24) is 0 Å². The minimum absolute atomic E-state index is 0.403. The van der Waals surface area contributed by atoms with Crippen LogP contribution in [0.25, 0.3) is 0 Å². The Hall–Kier alpha value is -0.193. The quantitative estimate of drug-likeness (QED) is 0.431. The van der Waals surface area contributed by atoms with Gasteiger partial charge >= 0.3 is 8.56 Å². The highest BCUT2D eigenvalue weighted by Gasteiger charge is 2.27. The van der Waals surface area contributed by atoms with E-state index >= 15 is 0 Å². The van der Waals surface area contributed by atoms with Crippen molar-refractivity contribution in [3.8, 4) is 0 Å². The molecule has 0 saturated carbocycles. The molecule has 3 nitrogen and oxygen atoms in total. The third-order valence-corrected chi connectivity index (χ3v) is 3.95. The van der Waals surface area contributed by atoms with Crippen molar-refractivity contribution in [3.63, 3.8) is 0 Å². The highest BCUT2D eigenvalue weighted by Crippen LogP contribution is 2.07. The Labute approximate surface area is 56.2 Å². The summed E-state index contributed by atoms with van der Waals surface area (Å²) < 4.78 is 10.0. The van der Waals surface area contributed by atoms with E-state index in [1.54, 1.807) is 14.2 Å². The lowest BCUT2D eigenvalue weighted by Crippen LogP contribution is -2.36. The second kappa shape index (κ2) is 3.76. The molecule has 0 aromatic heterocycles. The van der Waals surface area contributed by atoms with Gasteiger partial charge in [0, 0.05) is 20.3 Å². The van der Waals surface area contributed by atoms with Crippen LogP contribution in [0.3, 0.4) is 0 Å². The fourth-order valence-electron chi connectivity index (χ4n) is 0.401. The maximum atomic E-state index is 10.0. The average Bonchev–Trinajstić information content (AvgIpc) is 1.89. The lowest BCUT2D eigenvalue weighted by molar-refractivity contribution is -0.106. The van der Waals surface area contributed by atoms with E-state index in [1.165, 1.54) is 0 Å². The molecule has 0 aliphatic rings. The van der Waals surface area contributed by atoms with Gasteiger partial charge in [-0.05, 0) is 6.55 Å². The minimum Gasteiger partial charge on any atom is -0.397 e. The molecule has 0 N–H and O–H groups in total. The molecule has 0 atom stereocenters. The van der Waals surface area contributed by atoms with Gasteiger partial charge in [-0.25, -0.2) is 0 Å². The van der Waals surface area contributed by atoms with Crippen molar-refractivity contribution in [1.29, 1.82) is 0 Å². The van der Waals surface area contributed by atoms with Crippen LogP contribution in [-0.2, 0) is 13.6 Å². The number of hydrogen-bond acceptors (Lipinski definition) is 3. The molecule has 0 aliphatic heterocycles. The second-order valence-corrected chi connectivity index (χ2v) is 5.41. The SMILES string of the molecule is CO[Si](C)(CC=O)OC. The van der Waals surface area contributed by atoms with Crippen molar-refractivity contribution in [2.75, 3.05) is 14.2 Å². The van der Waals surface area contributed by atoms with Gasteiger partial charge in [0.05, 0.1) is 0 Å². The summed E-state index contributed by atoms with van der Waals surface area (Å²) in [4.78, 5) is 10.0. The number of hydrogen-bond donors (Lipinski definition) is 0. The molecule has 0 fully saturated rings. The molecule has 54 valence electrons. The van der Waals surface area contributed by atoms with E-state index in [-0.39, 0.29) is 0 Å². The third kappa shape index (κ3) is 2.74. The van der Waals surface area contributed by atoms with Gasteiger partial charge in [-0.2, -0.15) is 0 Å². The van der Waals surface area contributed by atoms with E-state index in [9.17, 15) is 4.79 Å². The molecule has 9 heavy (non-hydrogen) atoms. The smallest absolute Gasteiger partial charge is 0.341 e. The average molecular weight is 148 g/mol. The first-order valence-corrected chi connectivity index (χ1v) is 5.25. The van der Waals surface area contributed by atoms with Crippen LogP contribution in [0.2, 0.25) is 12.6 Å². The maximum Gasteiger partial charge on any atom is 0.341 e. The zero-order valence-corrected chi connectivity index (χ0v) is 7.01. The Morgan fingerprint density at radius 2 is 1.89 bits per heavy atom. The van der Waals surface area contributed by atoms with Crippen molar-refractivity contribution in [2.24, 2.45) is 0 Å². The molecular weight excluding hydrogens is 136 g/mol. The second-order valence-electron chi connectivity index (χ2n) is 1.91. The molecule has 0 rings (SSSR count). The highest BCUT2D eigenvalue weighted by atomic mass is 28.4. The van der Waals surface area contributed by atoms with E-state index < -0.39 is 8.56 Å². The van der Waals surface area contributed by atoms with E-state index in [0.29, 0.717) is 6.04 Å². The lowest BCUT2D eigenvalue weighted by Gasteiger charge is -2.19. The first-order valence-electron chi connectivity index (χ1n) is 2.72. The van der Waals surface area contributed by atoms with E-state index in [4.69, 9.17) is 8.85 Å². The minimum atomic E-state index is -2.07. The Balaban J connectivity index is 3.75. The molecule has 0 aliphatic carbocycles. The number of rotatable bonds is 4. The Morgan fingerprint density at radius 1 is 1.44 bits per heavy atom. The standard InChI is InChI=1S/C5H12O3Si/c1-7-9(3,8-2)5-4-6/h4H,5H2,1-3H3. The summed E-state index contributed by atoms with van der Waals surface area (Å²) in [6, 6.07) is 0.403. The predicted octanol–water partition coefficient (Wildman–Crippen LogP) is 0.550. The lowest BCUT2D eigenvalue weighted by atomic mass is 10.9. The first kappa shape index (κ1) is 8.81. The summed E-state index contributed by atoms with van der Waals surface area (Å²) in [5, 5.41) is 0. The zero-order valence-electron chi connectivity index (χ0n) is 6.01. The fraction of sp³-hybridized carbons (Fsp3) is 0.800. The van der Waals surface area contributed by atoms with Crippen LogP contribution in [-0.4, -0.2) is 29.1 Å². The first-order chi connectivity index (χ1) is 4.18. The number of aldehydes is 1. The summed E-state index contributed by atoms with van der Waals surface area (Å²) in [5.41, 5.74) is 0. The van der Waals surface area contributed by atoms with Crippen molar-refractivity contribution >= 4 is 14.8 Å². The molecule has 4 heteroatoms. The highest BCUT2D eigenvalue weighted by molar-refractivity contribution is 6.68. The van der Waals surface area contributed by atoms with Gasteiger partial charge in [0.15, 0.2) is 0 Å². The van der Waals surface area contributed by atoms with Crippen LogP contribution in [0, 0.1) is 0 Å². The van der Waals surface area contributed by atoms with E-state index in [0.717, 1.165) is 6.29 Å².